The number of carbonyl (C=O) groups is 2. The van der Waals surface area contributed by atoms with Gasteiger partial charge in [-0.2, -0.15) is 0 Å². The zero-order valence-corrected chi connectivity index (χ0v) is 6.66. The van der Waals surface area contributed by atoms with E-state index >= 15 is 0 Å². The number of hydrogen-bond acceptors (Lipinski definition) is 3. The molecule has 4 fully saturated rings. The van der Waals surface area contributed by atoms with Crippen molar-refractivity contribution in [2.45, 2.75) is 31.5 Å². The molecule has 2 saturated carbocycles. The molecule has 2 heterocycles. The number of Topliss-reactive ketones (excluding diaryl/α,β-unsaturated/α-hetero) is 2. The molecule has 4 unspecified atom stereocenters. The summed E-state index contributed by atoms with van der Waals surface area (Å²) in [6, 6.07) is 0. The van der Waals surface area contributed by atoms with Crippen LogP contribution in [0.1, 0.15) is 19.3 Å². The molecule has 4 atom stereocenters. The van der Waals surface area contributed by atoms with E-state index < -0.39 is 0 Å². The van der Waals surface area contributed by atoms with Gasteiger partial charge < -0.3 is 4.74 Å². The van der Waals surface area contributed by atoms with Crippen molar-refractivity contribution >= 4 is 11.6 Å². The first-order valence-corrected chi connectivity index (χ1v) is 4.48. The molecule has 2 aliphatic carbocycles. The first-order valence-electron chi connectivity index (χ1n) is 4.48. The molecule has 0 aromatic carbocycles. The highest BCUT2D eigenvalue weighted by atomic mass is 16.5. The lowest BCUT2D eigenvalue weighted by Gasteiger charge is -2.46. The van der Waals surface area contributed by atoms with Gasteiger partial charge in [0.25, 0.3) is 0 Å². The second-order valence-corrected chi connectivity index (χ2v) is 4.02. The van der Waals surface area contributed by atoms with Crippen LogP contribution >= 0.6 is 0 Å². The van der Waals surface area contributed by atoms with Gasteiger partial charge in [-0.15, -0.1) is 0 Å². The van der Waals surface area contributed by atoms with E-state index in [2.05, 4.69) is 0 Å². The topological polar surface area (TPSA) is 43.4 Å². The minimum Gasteiger partial charge on any atom is -0.359 e. The summed E-state index contributed by atoms with van der Waals surface area (Å²) in [5, 5.41) is 0. The van der Waals surface area contributed by atoms with Crippen LogP contribution in [0.25, 0.3) is 0 Å². The predicted molar refractivity (Wildman–Crippen MR) is 39.5 cm³/mol. The van der Waals surface area contributed by atoms with Crippen molar-refractivity contribution in [1.82, 2.24) is 0 Å². The molecule has 0 aromatic heterocycles. The molecule has 4 rings (SSSR count). The Morgan fingerprint density at radius 3 is 1.83 bits per heavy atom. The predicted octanol–water partition coefficient (Wildman–Crippen LogP) is 0.322. The van der Waals surface area contributed by atoms with Gasteiger partial charge in [0, 0.05) is 11.8 Å². The first kappa shape index (κ1) is 6.78. The Bertz CT molecular complexity index is 211. The lowest BCUT2D eigenvalue weighted by molar-refractivity contribution is -0.182. The molecular formula is C9H10O3. The molecular weight excluding hydrogens is 156 g/mol. The van der Waals surface area contributed by atoms with Crippen molar-refractivity contribution < 1.29 is 14.3 Å². The second kappa shape index (κ2) is 1.96. The van der Waals surface area contributed by atoms with Gasteiger partial charge in [-0.25, -0.2) is 0 Å². The van der Waals surface area contributed by atoms with Crippen LogP contribution in [0.15, 0.2) is 0 Å². The summed E-state index contributed by atoms with van der Waals surface area (Å²) in [4.78, 5) is 22.9. The van der Waals surface area contributed by atoms with Gasteiger partial charge in [-0.05, 0) is 19.3 Å². The average Bonchev–Trinajstić information content (AvgIpc) is 2.02. The van der Waals surface area contributed by atoms with E-state index in [-0.39, 0.29) is 35.6 Å². The van der Waals surface area contributed by atoms with E-state index in [1.54, 1.807) is 0 Å². The van der Waals surface area contributed by atoms with Crippen LogP contribution in [0.5, 0.6) is 0 Å². The number of ether oxygens (including phenoxy) is 1. The molecule has 0 spiro atoms. The zero-order valence-electron chi connectivity index (χ0n) is 6.66. The minimum absolute atomic E-state index is 0.144. The molecule has 4 aliphatic rings. The van der Waals surface area contributed by atoms with Crippen LogP contribution in [-0.2, 0) is 14.3 Å². The summed E-state index contributed by atoms with van der Waals surface area (Å²) in [5.74, 6) is 0.778. The summed E-state index contributed by atoms with van der Waals surface area (Å²) in [6.45, 7) is 0. The van der Waals surface area contributed by atoms with Crippen LogP contribution in [0.4, 0.5) is 0 Å². The van der Waals surface area contributed by atoms with Crippen molar-refractivity contribution in [3.63, 3.8) is 0 Å². The number of ketones is 2. The standard InChI is InChI=1S/C9H10O3/c10-8-4-1-5-3-7(8)12-6(2-4)9(5)11/h4-7H,1-3H2. The van der Waals surface area contributed by atoms with Gasteiger partial charge in [0.1, 0.15) is 12.2 Å². The van der Waals surface area contributed by atoms with Crippen molar-refractivity contribution in [1.29, 1.82) is 0 Å². The van der Waals surface area contributed by atoms with Crippen LogP contribution in [-0.4, -0.2) is 23.8 Å². The van der Waals surface area contributed by atoms with E-state index in [1.165, 1.54) is 0 Å². The third-order valence-corrected chi connectivity index (χ3v) is 3.33. The molecule has 4 bridgehead atoms. The molecule has 12 heavy (non-hydrogen) atoms. The van der Waals surface area contributed by atoms with E-state index in [9.17, 15) is 9.59 Å². The molecule has 2 aliphatic heterocycles. The lowest BCUT2D eigenvalue weighted by Crippen LogP contribution is -2.57. The first-order chi connectivity index (χ1) is 5.75. The maximum atomic E-state index is 11.4. The number of hydrogen-bond donors (Lipinski definition) is 0. The van der Waals surface area contributed by atoms with Crippen LogP contribution in [0, 0.1) is 11.8 Å². The smallest absolute Gasteiger partial charge is 0.164 e. The van der Waals surface area contributed by atoms with Crippen molar-refractivity contribution in [2.24, 2.45) is 11.8 Å². The zero-order chi connectivity index (χ0) is 8.29. The fraction of sp³-hybridized carbons (Fsp3) is 0.778. The van der Waals surface area contributed by atoms with E-state index in [4.69, 9.17) is 4.74 Å². The maximum absolute atomic E-state index is 11.4. The lowest BCUT2D eigenvalue weighted by atomic mass is 9.66. The van der Waals surface area contributed by atoms with Crippen LogP contribution in [0.2, 0.25) is 0 Å². The maximum Gasteiger partial charge on any atom is 0.164 e. The molecule has 2 saturated heterocycles. The Kier molecular flexibility index (Phi) is 1.11. The fourth-order valence-electron chi connectivity index (χ4n) is 2.72. The van der Waals surface area contributed by atoms with Gasteiger partial charge in [-0.1, -0.05) is 0 Å². The third kappa shape index (κ3) is 0.654. The molecule has 0 N–H and O–H groups in total. The second-order valence-electron chi connectivity index (χ2n) is 4.02. The number of carbonyl (C=O) groups excluding carboxylic acids is 2. The Balaban J connectivity index is 2.01. The largest absolute Gasteiger partial charge is 0.359 e. The van der Waals surface area contributed by atoms with Gasteiger partial charge in [0.15, 0.2) is 11.6 Å². The van der Waals surface area contributed by atoms with Crippen molar-refractivity contribution in [2.75, 3.05) is 0 Å². The molecule has 0 aromatic rings. The van der Waals surface area contributed by atoms with E-state index in [1.807, 2.05) is 0 Å². The Morgan fingerprint density at radius 1 is 0.917 bits per heavy atom. The fourth-order valence-corrected chi connectivity index (χ4v) is 2.72. The van der Waals surface area contributed by atoms with Crippen LogP contribution in [0.3, 0.4) is 0 Å². The molecule has 3 nitrogen and oxygen atoms in total. The van der Waals surface area contributed by atoms with Crippen molar-refractivity contribution in [3.05, 3.63) is 0 Å². The highest BCUT2D eigenvalue weighted by Crippen LogP contribution is 2.43. The Labute approximate surface area is 70.1 Å². The van der Waals surface area contributed by atoms with Gasteiger partial charge in [-0.3, -0.25) is 9.59 Å². The molecule has 0 radical (unpaired) electrons. The highest BCUT2D eigenvalue weighted by Gasteiger charge is 2.53. The molecule has 64 valence electrons. The molecule has 3 heteroatoms. The summed E-state index contributed by atoms with van der Waals surface area (Å²) < 4.78 is 5.35. The normalized spacial score (nSPS) is 50.3. The van der Waals surface area contributed by atoms with E-state index in [0.717, 1.165) is 6.42 Å². The number of rotatable bonds is 0. The summed E-state index contributed by atoms with van der Waals surface area (Å²) >= 11 is 0. The van der Waals surface area contributed by atoms with Gasteiger partial charge in [0.2, 0.25) is 0 Å². The third-order valence-electron chi connectivity index (χ3n) is 3.33. The Morgan fingerprint density at radius 2 is 1.42 bits per heavy atom. The SMILES string of the molecule is O=C1C2CC3CC1OC(C2)C3=O. The van der Waals surface area contributed by atoms with Gasteiger partial charge >= 0.3 is 0 Å². The quantitative estimate of drug-likeness (QED) is 0.520. The van der Waals surface area contributed by atoms with E-state index in [0.29, 0.717) is 12.8 Å². The van der Waals surface area contributed by atoms with Crippen molar-refractivity contribution in [3.8, 4) is 0 Å². The van der Waals surface area contributed by atoms with Crippen LogP contribution < -0.4 is 0 Å². The minimum atomic E-state index is -0.231. The summed E-state index contributed by atoms with van der Waals surface area (Å²) in [6.07, 6.45) is 1.65. The Hall–Kier alpha value is -0.700. The summed E-state index contributed by atoms with van der Waals surface area (Å²) in [5.41, 5.74) is 0. The highest BCUT2D eigenvalue weighted by molar-refractivity contribution is 5.96. The van der Waals surface area contributed by atoms with Gasteiger partial charge in [0.05, 0.1) is 0 Å². The molecule has 0 amide bonds. The monoisotopic (exact) mass is 166 g/mol. The average molecular weight is 166 g/mol. The summed E-state index contributed by atoms with van der Waals surface area (Å²) in [7, 11) is 0.